The van der Waals surface area contributed by atoms with Crippen LogP contribution in [0, 0.1) is 11.5 Å². The molecule has 0 aliphatic carbocycles. The number of benzene rings is 1. The molecule has 0 heterocycles. The minimum atomic E-state index is 0.181. The zero-order valence-corrected chi connectivity index (χ0v) is 6.56. The van der Waals surface area contributed by atoms with Crippen molar-refractivity contribution in [3.8, 4) is 17.8 Å². The lowest BCUT2D eigenvalue weighted by Gasteiger charge is -1.99. The van der Waals surface area contributed by atoms with E-state index in [1.165, 1.54) is 7.11 Å². The lowest BCUT2D eigenvalue weighted by Crippen LogP contribution is -1.80. The zero-order chi connectivity index (χ0) is 9.40. The fourth-order valence-corrected chi connectivity index (χ4v) is 0.630. The number of methoxy groups -OCH3 is 1. The summed E-state index contributed by atoms with van der Waals surface area (Å²) < 4.78 is 4.79. The van der Waals surface area contributed by atoms with Crippen molar-refractivity contribution >= 4 is 0 Å². The Morgan fingerprint density at radius 2 is 1.92 bits per heavy atom. The molecule has 0 atom stereocenters. The van der Waals surface area contributed by atoms with Gasteiger partial charge in [0.2, 0.25) is 0 Å². The number of phenolic OH excluding ortho intramolecular Hbond substituents is 1. The van der Waals surface area contributed by atoms with Crippen LogP contribution < -0.4 is 4.74 Å². The third kappa shape index (κ3) is 3.32. The van der Waals surface area contributed by atoms with Gasteiger partial charge in [-0.1, -0.05) is 12.1 Å². The maximum atomic E-state index is 8.99. The second-order valence-electron chi connectivity index (χ2n) is 1.77. The highest BCUT2D eigenvalue weighted by atomic mass is 16.5. The van der Waals surface area contributed by atoms with Crippen LogP contribution in [0.15, 0.2) is 24.3 Å². The standard InChI is InChI=1S/C7H8O2.CHNO/c1-9-7-5-3-2-4-6(7)8;2-1-3/h2-5,8H,1H3;3H. The van der Waals surface area contributed by atoms with Crippen molar-refractivity contribution in [2.45, 2.75) is 0 Å². The average Bonchev–Trinajstić information content (AvgIpc) is 2.07. The molecule has 2 N–H and O–H groups in total. The second-order valence-corrected chi connectivity index (χ2v) is 1.77. The maximum absolute atomic E-state index is 8.99. The van der Waals surface area contributed by atoms with Crippen molar-refractivity contribution in [2.75, 3.05) is 7.11 Å². The van der Waals surface area contributed by atoms with Crippen LogP contribution in [0.1, 0.15) is 0 Å². The predicted molar refractivity (Wildman–Crippen MR) is 42.2 cm³/mol. The summed E-state index contributed by atoms with van der Waals surface area (Å²) in [7, 11) is 1.52. The normalized spacial score (nSPS) is 7.33. The van der Waals surface area contributed by atoms with Crippen LogP contribution in [0.3, 0.4) is 0 Å². The van der Waals surface area contributed by atoms with Gasteiger partial charge in [0, 0.05) is 0 Å². The maximum Gasteiger partial charge on any atom is 0.283 e. The van der Waals surface area contributed by atoms with Crippen molar-refractivity contribution in [1.82, 2.24) is 0 Å². The summed E-state index contributed by atoms with van der Waals surface area (Å²) in [6, 6.07) is 6.84. The van der Waals surface area contributed by atoms with E-state index < -0.39 is 0 Å². The van der Waals surface area contributed by atoms with Crippen LogP contribution in [0.5, 0.6) is 11.5 Å². The molecule has 0 radical (unpaired) electrons. The molecule has 0 bridgehead atoms. The van der Waals surface area contributed by atoms with Crippen molar-refractivity contribution in [3.05, 3.63) is 24.3 Å². The average molecular weight is 167 g/mol. The lowest BCUT2D eigenvalue weighted by atomic mass is 10.3. The number of aliphatic hydroxyl groups excluding tert-OH is 1. The number of nitrogens with zero attached hydrogens (tertiary/aromatic N) is 1. The van der Waals surface area contributed by atoms with Gasteiger partial charge in [-0.05, 0) is 12.1 Å². The Hall–Kier alpha value is -1.89. The van der Waals surface area contributed by atoms with Crippen LogP contribution in [0.25, 0.3) is 0 Å². The van der Waals surface area contributed by atoms with E-state index in [0.29, 0.717) is 5.75 Å². The summed E-state index contributed by atoms with van der Waals surface area (Å²) >= 11 is 0. The molecule has 0 fully saturated rings. The topological polar surface area (TPSA) is 73.5 Å². The Kier molecular flexibility index (Phi) is 4.94. The van der Waals surface area contributed by atoms with Crippen molar-refractivity contribution in [2.24, 2.45) is 0 Å². The molecule has 1 aromatic rings. The first kappa shape index (κ1) is 10.1. The molecular formula is C8H9NO3. The van der Waals surface area contributed by atoms with Crippen molar-refractivity contribution in [1.29, 1.82) is 5.26 Å². The fourth-order valence-electron chi connectivity index (χ4n) is 0.630. The van der Waals surface area contributed by atoms with E-state index in [9.17, 15) is 0 Å². The Labute approximate surface area is 70.3 Å². The molecule has 1 aromatic carbocycles. The lowest BCUT2D eigenvalue weighted by molar-refractivity contribution is 0.373. The number of hydrogen-bond donors (Lipinski definition) is 2. The summed E-state index contributed by atoms with van der Waals surface area (Å²) in [6.45, 7) is 0. The molecule has 0 unspecified atom stereocenters. The van der Waals surface area contributed by atoms with Crippen LogP contribution in [0.4, 0.5) is 0 Å². The SMILES string of the molecule is COc1ccccc1O.N#CO. The summed E-state index contributed by atoms with van der Waals surface area (Å²) in [5.74, 6) is 0.692. The van der Waals surface area contributed by atoms with E-state index >= 15 is 0 Å². The highest BCUT2D eigenvalue weighted by molar-refractivity contribution is 5.37. The molecule has 0 amide bonds. The highest BCUT2D eigenvalue weighted by Crippen LogP contribution is 2.22. The first-order chi connectivity index (χ1) is 5.76. The number of aromatic hydroxyl groups is 1. The number of hydrogen-bond acceptors (Lipinski definition) is 4. The van der Waals surface area contributed by atoms with Gasteiger partial charge in [0.05, 0.1) is 7.11 Å². The van der Waals surface area contributed by atoms with Crippen molar-refractivity contribution < 1.29 is 14.9 Å². The van der Waals surface area contributed by atoms with Gasteiger partial charge in [0.15, 0.2) is 11.5 Å². The van der Waals surface area contributed by atoms with E-state index in [2.05, 4.69) is 0 Å². The molecule has 4 nitrogen and oxygen atoms in total. The van der Waals surface area contributed by atoms with E-state index in [1.54, 1.807) is 24.3 Å². The van der Waals surface area contributed by atoms with Gasteiger partial charge < -0.3 is 14.9 Å². The van der Waals surface area contributed by atoms with E-state index in [4.69, 9.17) is 20.2 Å². The van der Waals surface area contributed by atoms with Gasteiger partial charge in [-0.15, -0.1) is 0 Å². The number of ether oxygens (including phenoxy) is 1. The summed E-state index contributed by atoms with van der Waals surface area (Å²) in [5, 5.41) is 22.7. The third-order valence-electron chi connectivity index (χ3n) is 1.09. The van der Waals surface area contributed by atoms with Gasteiger partial charge in [-0.25, -0.2) is 0 Å². The molecule has 64 valence electrons. The first-order valence-corrected chi connectivity index (χ1v) is 3.11. The molecule has 0 spiro atoms. The Morgan fingerprint density at radius 1 is 1.42 bits per heavy atom. The molecule has 0 aromatic heterocycles. The highest BCUT2D eigenvalue weighted by Gasteiger charge is 1.94. The largest absolute Gasteiger partial charge is 0.504 e. The smallest absolute Gasteiger partial charge is 0.283 e. The molecule has 1 rings (SSSR count). The van der Waals surface area contributed by atoms with Crippen LogP contribution >= 0.6 is 0 Å². The van der Waals surface area contributed by atoms with E-state index in [0.717, 1.165) is 6.26 Å². The van der Waals surface area contributed by atoms with Crippen LogP contribution in [-0.2, 0) is 0 Å². The Bertz CT molecular complexity index is 267. The number of phenols is 1. The summed E-state index contributed by atoms with van der Waals surface area (Å²) in [6.07, 6.45) is 0.750. The van der Waals surface area contributed by atoms with E-state index in [1.807, 2.05) is 0 Å². The molecule has 12 heavy (non-hydrogen) atoms. The van der Waals surface area contributed by atoms with E-state index in [-0.39, 0.29) is 5.75 Å². The second kappa shape index (κ2) is 5.86. The van der Waals surface area contributed by atoms with Crippen molar-refractivity contribution in [3.63, 3.8) is 0 Å². The predicted octanol–water partition coefficient (Wildman–Crippen LogP) is 1.24. The minimum Gasteiger partial charge on any atom is -0.504 e. The Balaban J connectivity index is 0.000000354. The summed E-state index contributed by atoms with van der Waals surface area (Å²) in [4.78, 5) is 0. The van der Waals surface area contributed by atoms with Crippen LogP contribution in [-0.4, -0.2) is 17.3 Å². The van der Waals surface area contributed by atoms with Gasteiger partial charge in [-0.2, -0.15) is 5.26 Å². The third-order valence-corrected chi connectivity index (χ3v) is 1.09. The molecular weight excluding hydrogens is 158 g/mol. The molecule has 0 saturated heterocycles. The molecule has 0 aliphatic heterocycles. The quantitative estimate of drug-likeness (QED) is 0.617. The molecule has 0 aliphatic rings. The Morgan fingerprint density at radius 3 is 2.25 bits per heavy atom. The first-order valence-electron chi connectivity index (χ1n) is 3.11. The van der Waals surface area contributed by atoms with Gasteiger partial charge in [-0.3, -0.25) is 0 Å². The number of rotatable bonds is 1. The number of nitriles is 1. The fraction of sp³-hybridized carbons (Fsp3) is 0.125. The zero-order valence-electron chi connectivity index (χ0n) is 6.56. The monoisotopic (exact) mass is 167 g/mol. The summed E-state index contributed by atoms with van der Waals surface area (Å²) in [5.41, 5.74) is 0. The minimum absolute atomic E-state index is 0.181. The molecule has 0 saturated carbocycles. The number of para-hydroxylation sites is 2. The molecule has 4 heteroatoms. The van der Waals surface area contributed by atoms with Gasteiger partial charge >= 0.3 is 0 Å². The van der Waals surface area contributed by atoms with Gasteiger partial charge in [0.1, 0.15) is 0 Å². The van der Waals surface area contributed by atoms with Crippen LogP contribution in [0.2, 0.25) is 0 Å². The van der Waals surface area contributed by atoms with Gasteiger partial charge in [0.25, 0.3) is 6.26 Å². The number of aliphatic hydroxyl groups is 1.